The number of ether oxygens (including phenoxy) is 1. The zero-order valence-corrected chi connectivity index (χ0v) is 7.24. The Hall–Kier alpha value is -1.90. The van der Waals surface area contributed by atoms with Crippen LogP contribution < -0.4 is 4.74 Å². The maximum atomic E-state index is 12.8. The number of carbonyl (C=O) groups is 1. The van der Waals surface area contributed by atoms with Gasteiger partial charge < -0.3 is 4.74 Å². The van der Waals surface area contributed by atoms with Crippen molar-refractivity contribution in [2.75, 3.05) is 0 Å². The molecule has 0 aliphatic rings. The van der Waals surface area contributed by atoms with Gasteiger partial charge in [-0.2, -0.15) is 0 Å². The van der Waals surface area contributed by atoms with E-state index >= 15 is 0 Å². The van der Waals surface area contributed by atoms with Gasteiger partial charge in [0.25, 0.3) is 6.47 Å². The molecule has 0 spiro atoms. The van der Waals surface area contributed by atoms with Crippen LogP contribution in [-0.2, 0) is 4.79 Å². The van der Waals surface area contributed by atoms with Gasteiger partial charge in [0.05, 0.1) is 0 Å². The third-order valence-corrected chi connectivity index (χ3v) is 1.98. The van der Waals surface area contributed by atoms with Gasteiger partial charge in [-0.3, -0.25) is 4.79 Å². The summed E-state index contributed by atoms with van der Waals surface area (Å²) in [7, 11) is 0. The summed E-state index contributed by atoms with van der Waals surface area (Å²) in [4.78, 5) is 10.2. The summed E-state index contributed by atoms with van der Waals surface area (Å²) in [5.41, 5.74) is 0. The molecule has 0 atom stereocenters. The Balaban J connectivity index is 2.68. The minimum absolute atomic E-state index is 0.305. The highest BCUT2D eigenvalue weighted by Crippen LogP contribution is 2.25. The molecule has 0 aromatic heterocycles. The van der Waals surface area contributed by atoms with E-state index in [4.69, 9.17) is 4.74 Å². The van der Waals surface area contributed by atoms with Crippen LogP contribution in [0.2, 0.25) is 0 Å². The third kappa shape index (κ3) is 1.44. The van der Waals surface area contributed by atoms with Crippen molar-refractivity contribution in [3.63, 3.8) is 0 Å². The SMILES string of the molecule is O=COc1cccc2cc(F)ccc12. The van der Waals surface area contributed by atoms with E-state index in [-0.39, 0.29) is 5.82 Å². The molecule has 2 rings (SSSR count). The number of fused-ring (bicyclic) bond motifs is 1. The lowest BCUT2D eigenvalue weighted by Crippen LogP contribution is -1.89. The number of rotatable bonds is 2. The zero-order valence-electron chi connectivity index (χ0n) is 7.24. The number of benzene rings is 2. The van der Waals surface area contributed by atoms with Crippen LogP contribution in [0.4, 0.5) is 4.39 Å². The van der Waals surface area contributed by atoms with E-state index in [1.165, 1.54) is 12.1 Å². The first-order valence-corrected chi connectivity index (χ1v) is 4.10. The molecule has 0 saturated carbocycles. The first-order chi connectivity index (χ1) is 6.81. The smallest absolute Gasteiger partial charge is 0.298 e. The molecule has 2 aromatic carbocycles. The average Bonchev–Trinajstić information content (AvgIpc) is 2.18. The third-order valence-electron chi connectivity index (χ3n) is 1.98. The van der Waals surface area contributed by atoms with E-state index in [9.17, 15) is 9.18 Å². The van der Waals surface area contributed by atoms with Crippen LogP contribution in [0.15, 0.2) is 36.4 Å². The van der Waals surface area contributed by atoms with E-state index in [2.05, 4.69) is 0 Å². The summed E-state index contributed by atoms with van der Waals surface area (Å²) in [6.07, 6.45) is 0. The number of carbonyl (C=O) groups excluding carboxylic acids is 1. The highest BCUT2D eigenvalue weighted by Gasteiger charge is 2.01. The van der Waals surface area contributed by atoms with Crippen molar-refractivity contribution in [1.82, 2.24) is 0 Å². The van der Waals surface area contributed by atoms with Crippen LogP contribution in [0.5, 0.6) is 5.75 Å². The van der Waals surface area contributed by atoms with E-state index in [1.54, 1.807) is 24.3 Å². The van der Waals surface area contributed by atoms with Crippen molar-refractivity contribution in [1.29, 1.82) is 0 Å². The molecule has 2 nitrogen and oxygen atoms in total. The lowest BCUT2D eigenvalue weighted by molar-refractivity contribution is -0.120. The molecule has 14 heavy (non-hydrogen) atoms. The molecule has 0 saturated heterocycles. The predicted molar refractivity (Wildman–Crippen MR) is 50.6 cm³/mol. The van der Waals surface area contributed by atoms with E-state index < -0.39 is 0 Å². The largest absolute Gasteiger partial charge is 0.428 e. The topological polar surface area (TPSA) is 26.3 Å². The Morgan fingerprint density at radius 2 is 2.07 bits per heavy atom. The molecule has 0 heterocycles. The second kappa shape index (κ2) is 3.46. The number of hydrogen-bond donors (Lipinski definition) is 0. The highest BCUT2D eigenvalue weighted by molar-refractivity contribution is 5.89. The van der Waals surface area contributed by atoms with Crippen LogP contribution in [0.3, 0.4) is 0 Å². The van der Waals surface area contributed by atoms with Crippen molar-refractivity contribution in [2.45, 2.75) is 0 Å². The fraction of sp³-hybridized carbons (Fsp3) is 0. The summed E-state index contributed by atoms with van der Waals surface area (Å²) in [6, 6.07) is 9.45. The van der Waals surface area contributed by atoms with Crippen LogP contribution in [0, 0.1) is 5.82 Å². The van der Waals surface area contributed by atoms with Crippen LogP contribution in [-0.4, -0.2) is 6.47 Å². The van der Waals surface area contributed by atoms with Crippen LogP contribution >= 0.6 is 0 Å². The first kappa shape index (κ1) is 8.69. The predicted octanol–water partition coefficient (Wildman–Crippen LogP) is 2.51. The Labute approximate surface area is 79.9 Å². The van der Waals surface area contributed by atoms with Gasteiger partial charge in [-0.15, -0.1) is 0 Å². The second-order valence-corrected chi connectivity index (χ2v) is 2.84. The molecule has 0 unspecified atom stereocenters. The molecule has 0 amide bonds. The van der Waals surface area contributed by atoms with Crippen molar-refractivity contribution >= 4 is 17.2 Å². The minimum atomic E-state index is -0.305. The number of hydrogen-bond acceptors (Lipinski definition) is 2. The molecular formula is C11H7FO2. The molecular weight excluding hydrogens is 183 g/mol. The molecule has 0 radical (unpaired) electrons. The van der Waals surface area contributed by atoms with E-state index in [1.807, 2.05) is 0 Å². The van der Waals surface area contributed by atoms with E-state index in [0.29, 0.717) is 17.6 Å². The van der Waals surface area contributed by atoms with Gasteiger partial charge in [0.1, 0.15) is 11.6 Å². The fourth-order valence-electron chi connectivity index (χ4n) is 1.38. The van der Waals surface area contributed by atoms with Crippen LogP contribution in [0.1, 0.15) is 0 Å². The van der Waals surface area contributed by atoms with Gasteiger partial charge in [0.15, 0.2) is 0 Å². The summed E-state index contributed by atoms with van der Waals surface area (Å²) < 4.78 is 17.6. The first-order valence-electron chi connectivity index (χ1n) is 4.10. The second-order valence-electron chi connectivity index (χ2n) is 2.84. The van der Waals surface area contributed by atoms with Crippen molar-refractivity contribution < 1.29 is 13.9 Å². The van der Waals surface area contributed by atoms with E-state index in [0.717, 1.165) is 5.39 Å². The lowest BCUT2D eigenvalue weighted by atomic mass is 10.1. The van der Waals surface area contributed by atoms with Crippen LogP contribution in [0.25, 0.3) is 10.8 Å². The molecule has 3 heteroatoms. The molecule has 0 N–H and O–H groups in total. The quantitative estimate of drug-likeness (QED) is 0.680. The lowest BCUT2D eigenvalue weighted by Gasteiger charge is -2.03. The van der Waals surface area contributed by atoms with Crippen molar-refractivity contribution in [3.8, 4) is 5.75 Å². The summed E-state index contributed by atoms with van der Waals surface area (Å²) in [5.74, 6) is 0.137. The normalized spacial score (nSPS) is 10.1. The average molecular weight is 190 g/mol. The molecule has 70 valence electrons. The standard InChI is InChI=1S/C11H7FO2/c12-9-4-5-10-8(6-9)2-1-3-11(10)14-7-13/h1-7H. The molecule has 2 aromatic rings. The van der Waals surface area contributed by atoms with Gasteiger partial charge in [-0.1, -0.05) is 12.1 Å². The maximum Gasteiger partial charge on any atom is 0.298 e. The molecule has 0 aliphatic carbocycles. The van der Waals surface area contributed by atoms with Gasteiger partial charge in [0, 0.05) is 5.39 Å². The molecule has 0 fully saturated rings. The zero-order chi connectivity index (χ0) is 9.97. The number of halogens is 1. The van der Waals surface area contributed by atoms with Crippen molar-refractivity contribution in [2.24, 2.45) is 0 Å². The summed E-state index contributed by atoms with van der Waals surface area (Å²) >= 11 is 0. The van der Waals surface area contributed by atoms with Gasteiger partial charge in [0.2, 0.25) is 0 Å². The van der Waals surface area contributed by atoms with Crippen molar-refractivity contribution in [3.05, 3.63) is 42.2 Å². The monoisotopic (exact) mass is 190 g/mol. The Bertz CT molecular complexity index is 480. The Morgan fingerprint density at radius 1 is 1.21 bits per heavy atom. The fourth-order valence-corrected chi connectivity index (χ4v) is 1.38. The maximum absolute atomic E-state index is 12.8. The summed E-state index contributed by atoms with van der Waals surface area (Å²) in [5, 5.41) is 1.44. The molecule has 0 bridgehead atoms. The Morgan fingerprint density at radius 3 is 2.86 bits per heavy atom. The van der Waals surface area contributed by atoms with Gasteiger partial charge in [-0.25, -0.2) is 4.39 Å². The highest BCUT2D eigenvalue weighted by atomic mass is 19.1. The molecule has 0 aliphatic heterocycles. The van der Waals surface area contributed by atoms with Gasteiger partial charge >= 0.3 is 0 Å². The van der Waals surface area contributed by atoms with Gasteiger partial charge in [-0.05, 0) is 29.7 Å². The Kier molecular flexibility index (Phi) is 2.14. The minimum Gasteiger partial charge on any atom is -0.428 e. The summed E-state index contributed by atoms with van der Waals surface area (Å²) in [6.45, 7) is 0.359.